The molecular weight excluding hydrogens is 312 g/mol. The Morgan fingerprint density at radius 1 is 1.48 bits per heavy atom. The predicted octanol–water partition coefficient (Wildman–Crippen LogP) is 1.18. The van der Waals surface area contributed by atoms with Crippen molar-refractivity contribution in [1.82, 2.24) is 20.0 Å². The molecule has 6 nitrogen and oxygen atoms in total. The number of nitrogens with one attached hydrogen (secondary N) is 1. The molecule has 0 radical (unpaired) electrons. The molecule has 2 unspecified atom stereocenters. The summed E-state index contributed by atoms with van der Waals surface area (Å²) in [5, 5.41) is 7.42. The lowest BCUT2D eigenvalue weighted by Crippen LogP contribution is -2.37. The van der Waals surface area contributed by atoms with Gasteiger partial charge in [0.1, 0.15) is 0 Å². The van der Waals surface area contributed by atoms with Crippen LogP contribution >= 0.6 is 11.6 Å². The number of sulfone groups is 1. The van der Waals surface area contributed by atoms with Crippen molar-refractivity contribution in [2.24, 2.45) is 0 Å². The van der Waals surface area contributed by atoms with Gasteiger partial charge in [0.15, 0.2) is 9.84 Å². The van der Waals surface area contributed by atoms with E-state index in [1.807, 2.05) is 25.9 Å². The van der Waals surface area contributed by atoms with Crippen molar-refractivity contribution in [1.29, 1.82) is 0 Å². The zero-order valence-corrected chi connectivity index (χ0v) is 14.9. The molecule has 1 N–H and O–H groups in total. The number of likely N-dealkylation sites (N-methyl/N-ethyl adjacent to an activating group) is 1. The Hall–Kier alpha value is -0.630. The maximum Gasteiger partial charge on any atom is 0.151 e. The maximum atomic E-state index is 11.9. The third-order valence-corrected chi connectivity index (χ3v) is 5.37. The van der Waals surface area contributed by atoms with Crippen molar-refractivity contribution in [3.63, 3.8) is 0 Å². The summed E-state index contributed by atoms with van der Waals surface area (Å²) in [6.07, 6.45) is 2.82. The van der Waals surface area contributed by atoms with Gasteiger partial charge in [-0.25, -0.2) is 8.42 Å². The van der Waals surface area contributed by atoms with Gasteiger partial charge < -0.3 is 10.2 Å². The summed E-state index contributed by atoms with van der Waals surface area (Å²) in [4.78, 5) is 2.04. The van der Waals surface area contributed by atoms with Gasteiger partial charge in [0.05, 0.1) is 34.7 Å². The summed E-state index contributed by atoms with van der Waals surface area (Å²) >= 11 is 6.25. The van der Waals surface area contributed by atoms with Crippen LogP contribution < -0.4 is 5.32 Å². The van der Waals surface area contributed by atoms with E-state index in [4.69, 9.17) is 11.6 Å². The summed E-state index contributed by atoms with van der Waals surface area (Å²) in [5.74, 6) is 0. The van der Waals surface area contributed by atoms with E-state index in [-0.39, 0.29) is 6.04 Å². The van der Waals surface area contributed by atoms with Crippen LogP contribution in [0.2, 0.25) is 5.02 Å². The van der Waals surface area contributed by atoms with Crippen LogP contribution in [0.25, 0.3) is 0 Å². The van der Waals surface area contributed by atoms with E-state index in [1.165, 1.54) is 6.26 Å². The van der Waals surface area contributed by atoms with Crippen LogP contribution in [0.15, 0.2) is 6.20 Å². The van der Waals surface area contributed by atoms with E-state index >= 15 is 0 Å². The molecular formula is C13H25ClN4O2S. The summed E-state index contributed by atoms with van der Waals surface area (Å²) in [6, 6.07) is -0.373. The van der Waals surface area contributed by atoms with E-state index in [9.17, 15) is 8.42 Å². The molecule has 0 saturated heterocycles. The number of nitrogens with zero attached hydrogens (tertiary/aromatic N) is 3. The molecule has 1 rings (SSSR count). The highest BCUT2D eigenvalue weighted by Gasteiger charge is 2.31. The molecule has 0 fully saturated rings. The molecule has 21 heavy (non-hydrogen) atoms. The van der Waals surface area contributed by atoms with Crippen molar-refractivity contribution in [3.05, 3.63) is 16.9 Å². The van der Waals surface area contributed by atoms with Crippen LogP contribution in [-0.2, 0) is 16.4 Å². The molecule has 0 amide bonds. The van der Waals surface area contributed by atoms with E-state index in [0.717, 1.165) is 12.2 Å². The Labute approximate surface area is 132 Å². The summed E-state index contributed by atoms with van der Waals surface area (Å²) < 4.78 is 25.6. The summed E-state index contributed by atoms with van der Waals surface area (Å²) in [6.45, 7) is 5.75. The van der Waals surface area contributed by atoms with Crippen LogP contribution in [0.1, 0.15) is 25.6 Å². The predicted molar refractivity (Wildman–Crippen MR) is 86.5 cm³/mol. The molecule has 1 aromatic heterocycles. The Kier molecular flexibility index (Phi) is 6.65. The zero-order valence-electron chi connectivity index (χ0n) is 13.3. The third-order valence-electron chi connectivity index (χ3n) is 3.46. The summed E-state index contributed by atoms with van der Waals surface area (Å²) in [7, 11) is 0.768. The molecule has 8 heteroatoms. The molecule has 0 saturated carbocycles. The standard InChI is InChI=1S/C13H25ClN4O2S/c1-6-15-12(10(2)21(5,19)20)13-11(14)9-16-18(13)8-7-17(3)4/h9-10,12,15H,6-8H2,1-5H3. The lowest BCUT2D eigenvalue weighted by molar-refractivity contribution is 0.361. The van der Waals surface area contributed by atoms with E-state index in [0.29, 0.717) is 18.1 Å². The lowest BCUT2D eigenvalue weighted by Gasteiger charge is -2.25. The van der Waals surface area contributed by atoms with Gasteiger partial charge in [-0.1, -0.05) is 18.5 Å². The number of halogens is 1. The smallest absolute Gasteiger partial charge is 0.151 e. The molecule has 1 aromatic rings. The van der Waals surface area contributed by atoms with Crippen molar-refractivity contribution in [2.75, 3.05) is 33.4 Å². The zero-order chi connectivity index (χ0) is 16.2. The van der Waals surface area contributed by atoms with Crippen LogP contribution in [-0.4, -0.2) is 61.8 Å². The fourth-order valence-electron chi connectivity index (χ4n) is 2.11. The molecule has 2 atom stereocenters. The fourth-order valence-corrected chi connectivity index (χ4v) is 3.08. The molecule has 0 bridgehead atoms. The molecule has 0 aliphatic heterocycles. The first kappa shape index (κ1) is 18.4. The van der Waals surface area contributed by atoms with Crippen LogP contribution in [0.4, 0.5) is 0 Å². The van der Waals surface area contributed by atoms with Gasteiger partial charge in [-0.15, -0.1) is 0 Å². The van der Waals surface area contributed by atoms with Crippen LogP contribution in [0, 0.1) is 0 Å². The first-order chi connectivity index (χ1) is 9.68. The highest BCUT2D eigenvalue weighted by Crippen LogP contribution is 2.28. The van der Waals surface area contributed by atoms with E-state index in [1.54, 1.807) is 17.8 Å². The minimum Gasteiger partial charge on any atom is -0.308 e. The van der Waals surface area contributed by atoms with Crippen LogP contribution in [0.5, 0.6) is 0 Å². The molecule has 0 aliphatic rings. The highest BCUT2D eigenvalue weighted by molar-refractivity contribution is 7.91. The normalized spacial score (nSPS) is 15.4. The van der Waals surface area contributed by atoms with Gasteiger partial charge in [-0.3, -0.25) is 4.68 Å². The Balaban J connectivity index is 3.16. The van der Waals surface area contributed by atoms with Crippen molar-refractivity contribution in [3.8, 4) is 0 Å². The summed E-state index contributed by atoms with van der Waals surface area (Å²) in [5.41, 5.74) is 0.735. The minimum absolute atomic E-state index is 0.373. The van der Waals surface area contributed by atoms with Gasteiger partial charge in [0.25, 0.3) is 0 Å². The molecule has 0 spiro atoms. The first-order valence-corrected chi connectivity index (χ1v) is 9.29. The van der Waals surface area contributed by atoms with Crippen molar-refractivity contribution < 1.29 is 8.42 Å². The molecule has 122 valence electrons. The van der Waals surface area contributed by atoms with Gasteiger partial charge in [0, 0.05) is 12.8 Å². The maximum absolute atomic E-state index is 11.9. The Morgan fingerprint density at radius 2 is 2.10 bits per heavy atom. The van der Waals surface area contributed by atoms with Gasteiger partial charge in [-0.05, 0) is 27.6 Å². The Bertz CT molecular complexity index is 557. The number of rotatable bonds is 8. The SMILES string of the molecule is CCNC(c1c(Cl)cnn1CCN(C)C)C(C)S(C)(=O)=O. The van der Waals surface area contributed by atoms with Crippen molar-refractivity contribution in [2.45, 2.75) is 31.7 Å². The molecule has 0 aliphatic carbocycles. The van der Waals surface area contributed by atoms with Crippen LogP contribution in [0.3, 0.4) is 0 Å². The number of aromatic nitrogens is 2. The second-order valence-electron chi connectivity index (χ2n) is 5.47. The van der Waals surface area contributed by atoms with Gasteiger partial charge >= 0.3 is 0 Å². The highest BCUT2D eigenvalue weighted by atomic mass is 35.5. The lowest BCUT2D eigenvalue weighted by atomic mass is 10.1. The third kappa shape index (κ3) is 4.95. The van der Waals surface area contributed by atoms with Gasteiger partial charge in [0.2, 0.25) is 0 Å². The van der Waals surface area contributed by atoms with E-state index in [2.05, 4.69) is 10.4 Å². The largest absolute Gasteiger partial charge is 0.308 e. The monoisotopic (exact) mass is 336 g/mol. The second-order valence-corrected chi connectivity index (χ2v) is 8.28. The topological polar surface area (TPSA) is 67.2 Å². The number of hydrogen-bond donors (Lipinski definition) is 1. The quantitative estimate of drug-likeness (QED) is 0.772. The first-order valence-electron chi connectivity index (χ1n) is 6.96. The van der Waals surface area contributed by atoms with Gasteiger partial charge in [-0.2, -0.15) is 5.10 Å². The second kappa shape index (κ2) is 7.58. The number of hydrogen-bond acceptors (Lipinski definition) is 5. The Morgan fingerprint density at radius 3 is 2.57 bits per heavy atom. The van der Waals surface area contributed by atoms with Crippen molar-refractivity contribution >= 4 is 21.4 Å². The van der Waals surface area contributed by atoms with E-state index < -0.39 is 15.1 Å². The molecule has 0 aromatic carbocycles. The molecule has 1 heterocycles. The minimum atomic E-state index is -3.19. The average molecular weight is 337 g/mol. The fraction of sp³-hybridized carbons (Fsp3) is 0.769. The average Bonchev–Trinajstić information content (AvgIpc) is 2.73.